The first kappa shape index (κ1) is 19.6. The molecule has 0 spiro atoms. The van der Waals surface area contributed by atoms with Gasteiger partial charge in [-0.05, 0) is 37.6 Å². The van der Waals surface area contributed by atoms with Crippen LogP contribution in [0.4, 0.5) is 10.2 Å². The van der Waals surface area contributed by atoms with E-state index in [1.807, 2.05) is 17.9 Å². The minimum absolute atomic E-state index is 0.128. The van der Waals surface area contributed by atoms with E-state index >= 15 is 4.39 Å². The molecule has 9 heteroatoms. The van der Waals surface area contributed by atoms with Gasteiger partial charge in [-0.15, -0.1) is 5.10 Å². The van der Waals surface area contributed by atoms with Gasteiger partial charge in [0.05, 0.1) is 6.54 Å². The van der Waals surface area contributed by atoms with Crippen molar-refractivity contribution in [3.05, 3.63) is 51.9 Å². The highest BCUT2D eigenvalue weighted by atomic mass is 19.1. The highest BCUT2D eigenvalue weighted by Gasteiger charge is 2.32. The van der Waals surface area contributed by atoms with Crippen LogP contribution in [-0.4, -0.2) is 53.2 Å². The zero-order valence-corrected chi connectivity index (χ0v) is 17.4. The fourth-order valence-electron chi connectivity index (χ4n) is 4.03. The van der Waals surface area contributed by atoms with Crippen LogP contribution in [0.1, 0.15) is 17.7 Å². The predicted octanol–water partition coefficient (Wildman–Crippen LogP) is 2.47. The number of benzene rings is 1. The van der Waals surface area contributed by atoms with E-state index in [0.717, 1.165) is 5.56 Å². The molecule has 2 atom stereocenters. The Labute approximate surface area is 178 Å². The van der Waals surface area contributed by atoms with Gasteiger partial charge in [0.25, 0.3) is 5.56 Å². The maximum atomic E-state index is 15.1. The standard InChI is InChI=1S/C22H23FN4O4/c1-13-9-20-24-14(2)10-21(28)27(20)25-22(13)26-6-5-17(16(23)12-26)31-15-3-4-18-19(11-15)30-8-7-29-18/h3-4,9-11,16-17H,5-8,12H2,1-2H3/t16-,17-/m1/s1. The lowest BCUT2D eigenvalue weighted by atomic mass is 10.1. The zero-order valence-electron chi connectivity index (χ0n) is 17.4. The molecule has 2 aliphatic rings. The van der Waals surface area contributed by atoms with E-state index in [1.54, 1.807) is 25.1 Å². The quantitative estimate of drug-likeness (QED) is 0.637. The summed E-state index contributed by atoms with van der Waals surface area (Å²) in [6.07, 6.45) is -1.31. The second kappa shape index (κ2) is 7.72. The van der Waals surface area contributed by atoms with Gasteiger partial charge in [0.2, 0.25) is 0 Å². The van der Waals surface area contributed by atoms with Crippen LogP contribution in [0.25, 0.3) is 5.65 Å². The first-order valence-corrected chi connectivity index (χ1v) is 10.3. The minimum Gasteiger partial charge on any atom is -0.487 e. The Morgan fingerprint density at radius 1 is 1.13 bits per heavy atom. The summed E-state index contributed by atoms with van der Waals surface area (Å²) in [6, 6.07) is 8.53. The smallest absolute Gasteiger partial charge is 0.274 e. The molecule has 0 amide bonds. The number of piperidine rings is 1. The molecular weight excluding hydrogens is 403 g/mol. The Bertz CT molecular complexity index is 1200. The molecular formula is C22H23FN4O4. The first-order chi connectivity index (χ1) is 15.0. The minimum atomic E-state index is -1.22. The van der Waals surface area contributed by atoms with Crippen LogP contribution in [0.2, 0.25) is 0 Å². The van der Waals surface area contributed by atoms with Crippen LogP contribution >= 0.6 is 0 Å². The Morgan fingerprint density at radius 2 is 1.94 bits per heavy atom. The second-order valence-electron chi connectivity index (χ2n) is 7.87. The summed E-state index contributed by atoms with van der Waals surface area (Å²) in [7, 11) is 0. The van der Waals surface area contributed by atoms with Gasteiger partial charge in [0.1, 0.15) is 25.1 Å². The van der Waals surface area contributed by atoms with Crippen LogP contribution in [0.15, 0.2) is 35.1 Å². The van der Waals surface area contributed by atoms with Gasteiger partial charge in [-0.2, -0.15) is 4.52 Å². The van der Waals surface area contributed by atoms with Gasteiger partial charge in [-0.1, -0.05) is 0 Å². The monoisotopic (exact) mass is 426 g/mol. The Hall–Kier alpha value is -3.36. The van der Waals surface area contributed by atoms with E-state index in [4.69, 9.17) is 14.2 Å². The summed E-state index contributed by atoms with van der Waals surface area (Å²) in [6.45, 7) is 5.34. The summed E-state index contributed by atoms with van der Waals surface area (Å²) < 4.78 is 33.3. The molecule has 2 aliphatic heterocycles. The van der Waals surface area contributed by atoms with Gasteiger partial charge in [0, 0.05) is 30.8 Å². The second-order valence-corrected chi connectivity index (χ2v) is 7.87. The fourth-order valence-corrected chi connectivity index (χ4v) is 4.03. The largest absolute Gasteiger partial charge is 0.487 e. The Morgan fingerprint density at radius 3 is 2.74 bits per heavy atom. The molecule has 3 aromatic rings. The van der Waals surface area contributed by atoms with Gasteiger partial charge in [0.15, 0.2) is 29.1 Å². The molecule has 0 bridgehead atoms. The van der Waals surface area contributed by atoms with Crippen LogP contribution in [0.5, 0.6) is 17.2 Å². The number of rotatable bonds is 3. The number of aromatic nitrogens is 3. The average Bonchev–Trinajstić information content (AvgIpc) is 2.74. The van der Waals surface area contributed by atoms with Crippen LogP contribution in [-0.2, 0) is 0 Å². The topological polar surface area (TPSA) is 78.2 Å². The van der Waals surface area contributed by atoms with Crippen molar-refractivity contribution in [1.29, 1.82) is 0 Å². The summed E-state index contributed by atoms with van der Waals surface area (Å²) in [5.41, 5.74) is 1.72. The van der Waals surface area contributed by atoms with Gasteiger partial charge in [-0.3, -0.25) is 4.79 Å². The normalized spacial score (nSPS) is 20.7. The van der Waals surface area contributed by atoms with Crippen molar-refractivity contribution < 1.29 is 18.6 Å². The Kier molecular flexibility index (Phi) is 4.88. The van der Waals surface area contributed by atoms with E-state index in [-0.39, 0.29) is 12.1 Å². The van der Waals surface area contributed by atoms with Crippen LogP contribution < -0.4 is 24.7 Å². The lowest BCUT2D eigenvalue weighted by molar-refractivity contribution is 0.0809. The van der Waals surface area contributed by atoms with Gasteiger partial charge >= 0.3 is 0 Å². The molecule has 1 fully saturated rings. The molecule has 4 heterocycles. The zero-order chi connectivity index (χ0) is 21.5. The molecule has 5 rings (SSSR count). The number of nitrogens with zero attached hydrogens (tertiary/aromatic N) is 4. The highest BCUT2D eigenvalue weighted by molar-refractivity contribution is 5.53. The molecule has 2 aromatic heterocycles. The van der Waals surface area contributed by atoms with Crippen molar-refractivity contribution in [3.8, 4) is 17.2 Å². The number of hydrogen-bond acceptors (Lipinski definition) is 7. The number of hydrogen-bond donors (Lipinski definition) is 0. The maximum Gasteiger partial charge on any atom is 0.274 e. The molecule has 0 saturated carbocycles. The molecule has 31 heavy (non-hydrogen) atoms. The van der Waals surface area contributed by atoms with Crippen LogP contribution in [0, 0.1) is 13.8 Å². The molecule has 0 aliphatic carbocycles. The van der Waals surface area contributed by atoms with Gasteiger partial charge < -0.3 is 19.1 Å². The van der Waals surface area contributed by atoms with Crippen LogP contribution in [0.3, 0.4) is 0 Å². The molecule has 0 N–H and O–H groups in total. The summed E-state index contributed by atoms with van der Waals surface area (Å²) in [4.78, 5) is 18.5. The van der Waals surface area contributed by atoms with Crippen molar-refractivity contribution in [1.82, 2.24) is 14.6 Å². The molecule has 162 valence electrons. The number of halogens is 1. The van der Waals surface area contributed by atoms with Crippen molar-refractivity contribution >= 4 is 11.5 Å². The average molecular weight is 426 g/mol. The molecule has 0 radical (unpaired) electrons. The molecule has 1 aromatic carbocycles. The SMILES string of the molecule is Cc1cc(=O)n2nc(N3CC[C@@H](Oc4ccc5c(c4)OCCO5)[C@H](F)C3)c(C)cc2n1. The number of aryl methyl sites for hydroxylation is 2. The summed E-state index contributed by atoms with van der Waals surface area (Å²) in [5, 5.41) is 4.46. The van der Waals surface area contributed by atoms with Crippen molar-refractivity contribution in [2.45, 2.75) is 32.5 Å². The number of alkyl halides is 1. The highest BCUT2D eigenvalue weighted by Crippen LogP contribution is 2.35. The van der Waals surface area contributed by atoms with E-state index in [9.17, 15) is 4.79 Å². The van der Waals surface area contributed by atoms with E-state index in [1.165, 1.54) is 10.6 Å². The maximum absolute atomic E-state index is 15.1. The third-order valence-electron chi connectivity index (χ3n) is 5.52. The van der Waals surface area contributed by atoms with Crippen molar-refractivity contribution in [3.63, 3.8) is 0 Å². The van der Waals surface area contributed by atoms with Crippen molar-refractivity contribution in [2.24, 2.45) is 0 Å². The fraction of sp³-hybridized carbons (Fsp3) is 0.409. The predicted molar refractivity (Wildman–Crippen MR) is 112 cm³/mol. The van der Waals surface area contributed by atoms with E-state index in [0.29, 0.717) is 60.6 Å². The molecule has 0 unspecified atom stereocenters. The van der Waals surface area contributed by atoms with E-state index < -0.39 is 12.3 Å². The number of ether oxygens (including phenoxy) is 3. The third-order valence-corrected chi connectivity index (χ3v) is 5.52. The Balaban J connectivity index is 1.33. The van der Waals surface area contributed by atoms with Gasteiger partial charge in [-0.25, -0.2) is 9.37 Å². The third kappa shape index (κ3) is 3.75. The molecule has 8 nitrogen and oxygen atoms in total. The van der Waals surface area contributed by atoms with E-state index in [2.05, 4.69) is 10.1 Å². The lowest BCUT2D eigenvalue weighted by Crippen LogP contribution is -2.47. The number of anilines is 1. The summed E-state index contributed by atoms with van der Waals surface area (Å²) >= 11 is 0. The first-order valence-electron chi connectivity index (χ1n) is 10.3. The molecule has 1 saturated heterocycles. The lowest BCUT2D eigenvalue weighted by Gasteiger charge is -2.36. The summed E-state index contributed by atoms with van der Waals surface area (Å²) in [5.74, 6) is 2.42. The number of fused-ring (bicyclic) bond motifs is 2. The van der Waals surface area contributed by atoms with Crippen molar-refractivity contribution in [2.75, 3.05) is 31.2 Å².